The molecule has 0 radical (unpaired) electrons. The summed E-state index contributed by atoms with van der Waals surface area (Å²) >= 11 is 5.11. The Morgan fingerprint density at radius 2 is 1.72 bits per heavy atom. The first-order chi connectivity index (χ1) is 7.94. The van der Waals surface area contributed by atoms with Gasteiger partial charge in [0.15, 0.2) is 0 Å². The van der Waals surface area contributed by atoms with Crippen molar-refractivity contribution < 1.29 is 31.1 Å². The zero-order valence-electron chi connectivity index (χ0n) is 8.49. The number of primary amides is 1. The fourth-order valence-electron chi connectivity index (χ4n) is 1.45. The molecule has 0 saturated carbocycles. The first-order valence-electron chi connectivity index (χ1n) is 4.49. The highest BCUT2D eigenvalue weighted by Crippen LogP contribution is 2.45. The second kappa shape index (κ2) is 4.49. The van der Waals surface area contributed by atoms with Crippen LogP contribution < -0.4 is 5.73 Å². The van der Waals surface area contributed by atoms with Gasteiger partial charge in [-0.15, -0.1) is 0 Å². The molecule has 1 atom stereocenters. The van der Waals surface area contributed by atoms with E-state index in [1.54, 1.807) is 0 Å². The van der Waals surface area contributed by atoms with Crippen LogP contribution >= 0.6 is 11.6 Å². The van der Waals surface area contributed by atoms with Crippen molar-refractivity contribution >= 4 is 17.5 Å². The Balaban J connectivity index is 3.36. The van der Waals surface area contributed by atoms with Crippen LogP contribution in [0.2, 0.25) is 0 Å². The van der Waals surface area contributed by atoms with Gasteiger partial charge in [0.2, 0.25) is 5.91 Å². The van der Waals surface area contributed by atoms with Crippen molar-refractivity contribution in [2.45, 2.75) is 18.8 Å². The van der Waals surface area contributed by atoms with Gasteiger partial charge in [0.05, 0.1) is 22.1 Å². The lowest BCUT2D eigenvalue weighted by molar-refractivity contribution is -0.122. The standard InChI is InChI=1S/C9H6ClF6NO/c10-6-4(8(11,12)13)1-3(7(17)18)2-5(6)9(14,15)16/h1,3H,2H2,(H2,17,18). The van der Waals surface area contributed by atoms with Gasteiger partial charge in [-0.3, -0.25) is 4.79 Å². The molecule has 1 aliphatic rings. The Labute approximate surface area is 102 Å². The summed E-state index contributed by atoms with van der Waals surface area (Å²) in [6, 6.07) is 0. The topological polar surface area (TPSA) is 43.1 Å². The van der Waals surface area contributed by atoms with Crippen LogP contribution in [0.25, 0.3) is 0 Å². The summed E-state index contributed by atoms with van der Waals surface area (Å²) in [4.78, 5) is 10.8. The Morgan fingerprint density at radius 1 is 1.22 bits per heavy atom. The van der Waals surface area contributed by atoms with Crippen molar-refractivity contribution in [1.29, 1.82) is 0 Å². The fourth-order valence-corrected chi connectivity index (χ4v) is 1.80. The monoisotopic (exact) mass is 293 g/mol. The zero-order valence-corrected chi connectivity index (χ0v) is 9.25. The predicted molar refractivity (Wildman–Crippen MR) is 50.4 cm³/mol. The van der Waals surface area contributed by atoms with Crippen molar-refractivity contribution in [2.75, 3.05) is 0 Å². The summed E-state index contributed by atoms with van der Waals surface area (Å²) in [5, 5.41) is -1.44. The molecule has 0 aliphatic heterocycles. The van der Waals surface area contributed by atoms with Gasteiger partial charge in [-0.2, -0.15) is 26.3 Å². The highest BCUT2D eigenvalue weighted by molar-refractivity contribution is 6.32. The van der Waals surface area contributed by atoms with Gasteiger partial charge in [0.1, 0.15) is 0 Å². The molecule has 102 valence electrons. The molecule has 0 aromatic carbocycles. The SMILES string of the molecule is NC(=O)C1C=C(C(F)(F)F)C(Cl)=C(C(F)(F)F)C1. The molecule has 9 heteroatoms. The molecule has 2 nitrogen and oxygen atoms in total. The summed E-state index contributed by atoms with van der Waals surface area (Å²) in [6.07, 6.45) is -10.8. The van der Waals surface area contributed by atoms with Crippen molar-refractivity contribution in [3.05, 3.63) is 22.3 Å². The molecule has 0 bridgehead atoms. The number of carbonyl (C=O) groups is 1. The molecule has 1 unspecified atom stereocenters. The Hall–Kier alpha value is -1.18. The molecule has 0 spiro atoms. The lowest BCUT2D eigenvalue weighted by Crippen LogP contribution is -2.31. The molecule has 18 heavy (non-hydrogen) atoms. The van der Waals surface area contributed by atoms with E-state index in [0.29, 0.717) is 6.08 Å². The third-order valence-corrected chi connectivity index (χ3v) is 2.74. The number of amides is 1. The van der Waals surface area contributed by atoms with Crippen LogP contribution in [0.3, 0.4) is 0 Å². The van der Waals surface area contributed by atoms with Crippen LogP contribution in [0.15, 0.2) is 22.3 Å². The lowest BCUT2D eigenvalue weighted by atomic mass is 9.89. The molecular formula is C9H6ClF6NO. The van der Waals surface area contributed by atoms with Crippen molar-refractivity contribution in [3.63, 3.8) is 0 Å². The minimum absolute atomic E-state index is 0.319. The fraction of sp³-hybridized carbons (Fsp3) is 0.444. The van der Waals surface area contributed by atoms with E-state index in [9.17, 15) is 31.1 Å². The summed E-state index contributed by atoms with van der Waals surface area (Å²) in [5.74, 6) is -2.96. The van der Waals surface area contributed by atoms with Gasteiger partial charge >= 0.3 is 12.4 Å². The highest BCUT2D eigenvalue weighted by Gasteiger charge is 2.46. The maximum absolute atomic E-state index is 12.5. The van der Waals surface area contributed by atoms with Gasteiger partial charge in [0, 0.05) is 0 Å². The van der Waals surface area contributed by atoms with E-state index in [2.05, 4.69) is 0 Å². The normalized spacial score (nSPS) is 21.9. The van der Waals surface area contributed by atoms with E-state index in [1.807, 2.05) is 0 Å². The Morgan fingerprint density at radius 3 is 2.06 bits per heavy atom. The maximum Gasteiger partial charge on any atom is 0.417 e. The van der Waals surface area contributed by atoms with Crippen LogP contribution in [-0.4, -0.2) is 18.3 Å². The molecule has 1 amide bonds. The largest absolute Gasteiger partial charge is 0.417 e. The van der Waals surface area contributed by atoms with Crippen molar-refractivity contribution in [2.24, 2.45) is 11.7 Å². The number of rotatable bonds is 1. The highest BCUT2D eigenvalue weighted by atomic mass is 35.5. The summed E-state index contributed by atoms with van der Waals surface area (Å²) in [6.45, 7) is 0. The van der Waals surface area contributed by atoms with Gasteiger partial charge in [-0.05, 0) is 6.42 Å². The number of hydrogen-bond acceptors (Lipinski definition) is 1. The van der Waals surface area contributed by atoms with E-state index < -0.39 is 46.8 Å². The molecule has 0 aromatic heterocycles. The second-order valence-corrected chi connectivity index (χ2v) is 3.96. The molecule has 0 fully saturated rings. The van der Waals surface area contributed by atoms with Gasteiger partial charge in [-0.25, -0.2) is 0 Å². The minimum Gasteiger partial charge on any atom is -0.369 e. The average Bonchev–Trinajstić information content (AvgIpc) is 2.13. The molecule has 1 aliphatic carbocycles. The van der Waals surface area contributed by atoms with Gasteiger partial charge in [-0.1, -0.05) is 17.7 Å². The summed E-state index contributed by atoms with van der Waals surface area (Å²) < 4.78 is 75.0. The van der Waals surface area contributed by atoms with E-state index in [0.717, 1.165) is 0 Å². The first-order valence-corrected chi connectivity index (χ1v) is 4.87. The van der Waals surface area contributed by atoms with Crippen molar-refractivity contribution in [3.8, 4) is 0 Å². The Bertz CT molecular complexity index is 433. The Kier molecular flexibility index (Phi) is 3.71. The molecule has 1 rings (SSSR count). The van der Waals surface area contributed by atoms with E-state index >= 15 is 0 Å². The maximum atomic E-state index is 12.5. The number of allylic oxidation sites excluding steroid dienone is 3. The van der Waals surface area contributed by atoms with E-state index in [1.165, 1.54) is 0 Å². The third kappa shape index (κ3) is 2.98. The smallest absolute Gasteiger partial charge is 0.369 e. The van der Waals surface area contributed by atoms with Crippen LogP contribution in [-0.2, 0) is 4.79 Å². The average molecular weight is 294 g/mol. The summed E-state index contributed by atoms with van der Waals surface area (Å²) in [5.41, 5.74) is 1.46. The van der Waals surface area contributed by atoms with Crippen LogP contribution in [0.1, 0.15) is 6.42 Å². The first kappa shape index (κ1) is 14.9. The summed E-state index contributed by atoms with van der Waals surface area (Å²) in [7, 11) is 0. The van der Waals surface area contributed by atoms with Crippen molar-refractivity contribution in [1.82, 2.24) is 0 Å². The van der Waals surface area contributed by atoms with Gasteiger partial charge in [0.25, 0.3) is 0 Å². The second-order valence-electron chi connectivity index (χ2n) is 3.58. The molecule has 0 aromatic rings. The van der Waals surface area contributed by atoms with Gasteiger partial charge < -0.3 is 5.73 Å². The number of halogens is 7. The van der Waals surface area contributed by atoms with Crippen LogP contribution in [0, 0.1) is 5.92 Å². The lowest BCUT2D eigenvalue weighted by Gasteiger charge is -2.25. The predicted octanol–water partition coefficient (Wildman–Crippen LogP) is 3.04. The number of nitrogens with two attached hydrogens (primary N) is 1. The quantitative estimate of drug-likeness (QED) is 0.742. The van der Waals surface area contributed by atoms with E-state index in [4.69, 9.17) is 17.3 Å². The van der Waals surface area contributed by atoms with Crippen LogP contribution in [0.5, 0.6) is 0 Å². The number of alkyl halides is 6. The number of carbonyl (C=O) groups excluding carboxylic acids is 1. The molecule has 0 saturated heterocycles. The zero-order chi connectivity index (χ0) is 14.3. The molecule has 0 heterocycles. The number of hydrogen-bond donors (Lipinski definition) is 1. The van der Waals surface area contributed by atoms with Crippen LogP contribution in [0.4, 0.5) is 26.3 Å². The molecular weight excluding hydrogens is 288 g/mol. The van der Waals surface area contributed by atoms with E-state index in [-0.39, 0.29) is 0 Å². The molecule has 2 N–H and O–H groups in total. The minimum atomic E-state index is -5.08. The third-order valence-electron chi connectivity index (χ3n) is 2.31.